The van der Waals surface area contributed by atoms with Crippen molar-refractivity contribution >= 4 is 13.7 Å². The van der Waals surface area contributed by atoms with Crippen molar-refractivity contribution in [3.8, 4) is 0 Å². The van der Waals surface area contributed by atoms with Crippen LogP contribution in [0.15, 0.2) is 48.6 Å². The van der Waals surface area contributed by atoms with Gasteiger partial charge < -0.3 is 28.8 Å². The molecular weight excluding hydrogens is 792 g/mol. The number of nitrogens with zero attached hydrogens (tertiary/aromatic N) is 1. The molecule has 2 N–H and O–H groups in total. The normalized spacial score (nSPS) is 14.5. The summed E-state index contributed by atoms with van der Waals surface area (Å²) in [5.74, 6) is -0.214. The van der Waals surface area contributed by atoms with Gasteiger partial charge in [-0.1, -0.05) is 204 Å². The number of hydrogen-bond donors (Lipinski definition) is 2. The molecule has 3 unspecified atom stereocenters. The minimum Gasteiger partial charge on any atom is -0.756 e. The summed E-state index contributed by atoms with van der Waals surface area (Å²) in [4.78, 5) is 25.4. The third-order valence-electron chi connectivity index (χ3n) is 11.5. The lowest BCUT2D eigenvalue weighted by Crippen LogP contribution is -2.45. The number of phosphoric acid groups is 1. The largest absolute Gasteiger partial charge is 0.756 e. The van der Waals surface area contributed by atoms with Crippen molar-refractivity contribution in [1.29, 1.82) is 0 Å². The fourth-order valence-corrected chi connectivity index (χ4v) is 8.08. The number of nitrogens with one attached hydrogen (secondary N) is 1. The Labute approximate surface area is 384 Å². The molecule has 0 saturated heterocycles. The average Bonchev–Trinajstić information content (AvgIpc) is 3.23. The van der Waals surface area contributed by atoms with Crippen LogP contribution in [0.2, 0.25) is 0 Å². The van der Waals surface area contributed by atoms with Crippen molar-refractivity contribution in [3.63, 3.8) is 0 Å². The molecule has 9 heteroatoms. The number of aliphatic hydroxyl groups excluding tert-OH is 1. The number of carbonyl (C=O) groups excluding carboxylic acids is 1. The first kappa shape index (κ1) is 60.5. The number of allylic oxidation sites excluding steroid dienone is 7. The molecule has 3 atom stereocenters. The van der Waals surface area contributed by atoms with Crippen LogP contribution in [0, 0.1) is 0 Å². The van der Waals surface area contributed by atoms with E-state index in [0.29, 0.717) is 17.4 Å². The highest BCUT2D eigenvalue weighted by Crippen LogP contribution is 2.38. The van der Waals surface area contributed by atoms with Gasteiger partial charge >= 0.3 is 0 Å². The molecule has 62 heavy (non-hydrogen) atoms. The van der Waals surface area contributed by atoms with E-state index in [4.69, 9.17) is 9.05 Å². The van der Waals surface area contributed by atoms with Gasteiger partial charge in [-0.2, -0.15) is 0 Å². The molecule has 0 aliphatic rings. The summed E-state index contributed by atoms with van der Waals surface area (Å²) in [6.07, 6.45) is 57.5. The van der Waals surface area contributed by atoms with Gasteiger partial charge in [-0.05, 0) is 70.6 Å². The molecule has 0 aromatic carbocycles. The van der Waals surface area contributed by atoms with E-state index in [0.717, 1.165) is 44.9 Å². The smallest absolute Gasteiger partial charge is 0.268 e. The van der Waals surface area contributed by atoms with Gasteiger partial charge in [0.2, 0.25) is 5.91 Å². The second kappa shape index (κ2) is 44.7. The second-order valence-corrected chi connectivity index (χ2v) is 20.3. The van der Waals surface area contributed by atoms with E-state index in [1.165, 1.54) is 167 Å². The molecular formula is C53H101N2O6P. The molecule has 0 aliphatic carbocycles. The van der Waals surface area contributed by atoms with Crippen LogP contribution < -0.4 is 10.2 Å². The Kier molecular flexibility index (Phi) is 43.5. The highest BCUT2D eigenvalue weighted by Gasteiger charge is 2.23. The first-order valence-electron chi connectivity index (χ1n) is 26.0. The van der Waals surface area contributed by atoms with E-state index >= 15 is 0 Å². The number of unbranched alkanes of at least 4 members (excludes halogenated alkanes) is 28. The number of aliphatic hydroxyl groups is 1. The van der Waals surface area contributed by atoms with Crippen LogP contribution in [-0.2, 0) is 18.4 Å². The van der Waals surface area contributed by atoms with Crippen LogP contribution in [0.3, 0.4) is 0 Å². The number of amides is 1. The fourth-order valence-electron chi connectivity index (χ4n) is 7.36. The quantitative estimate of drug-likeness (QED) is 0.0273. The maximum Gasteiger partial charge on any atom is 0.268 e. The number of rotatable bonds is 47. The van der Waals surface area contributed by atoms with Gasteiger partial charge in [0.05, 0.1) is 39.9 Å². The Hall–Kier alpha value is -1.54. The molecule has 0 saturated carbocycles. The average molecular weight is 893 g/mol. The summed E-state index contributed by atoms with van der Waals surface area (Å²) >= 11 is 0. The number of hydrogen-bond acceptors (Lipinski definition) is 6. The van der Waals surface area contributed by atoms with Crippen molar-refractivity contribution in [1.82, 2.24) is 5.32 Å². The lowest BCUT2D eigenvalue weighted by atomic mass is 10.0. The molecule has 0 radical (unpaired) electrons. The Morgan fingerprint density at radius 3 is 1.31 bits per heavy atom. The Morgan fingerprint density at radius 1 is 0.548 bits per heavy atom. The van der Waals surface area contributed by atoms with Gasteiger partial charge in [0, 0.05) is 6.42 Å². The zero-order valence-electron chi connectivity index (χ0n) is 41.3. The molecule has 0 bridgehead atoms. The van der Waals surface area contributed by atoms with Crippen molar-refractivity contribution in [2.24, 2.45) is 0 Å². The first-order valence-corrected chi connectivity index (χ1v) is 27.5. The molecule has 0 heterocycles. The summed E-state index contributed by atoms with van der Waals surface area (Å²) in [5.41, 5.74) is 0. The minimum absolute atomic E-state index is 0.0103. The van der Waals surface area contributed by atoms with Crippen molar-refractivity contribution < 1.29 is 32.9 Å². The lowest BCUT2D eigenvalue weighted by molar-refractivity contribution is -0.870. The fraction of sp³-hybridized carbons (Fsp3) is 0.830. The summed E-state index contributed by atoms with van der Waals surface area (Å²) in [7, 11) is 1.23. The molecule has 0 aromatic rings. The number of quaternary nitrogens is 1. The number of likely N-dealkylation sites (N-methyl/N-ethyl adjacent to an activating group) is 1. The van der Waals surface area contributed by atoms with Crippen molar-refractivity contribution in [2.45, 2.75) is 244 Å². The second-order valence-electron chi connectivity index (χ2n) is 18.9. The lowest BCUT2D eigenvalue weighted by Gasteiger charge is -2.29. The van der Waals surface area contributed by atoms with Gasteiger partial charge in [0.1, 0.15) is 13.2 Å². The third-order valence-corrected chi connectivity index (χ3v) is 12.5. The molecule has 0 rings (SSSR count). The topological polar surface area (TPSA) is 108 Å². The predicted octanol–water partition coefficient (Wildman–Crippen LogP) is 14.6. The Bertz CT molecular complexity index is 1150. The number of phosphoric ester groups is 1. The third kappa shape index (κ3) is 46.5. The van der Waals surface area contributed by atoms with E-state index in [9.17, 15) is 19.4 Å². The van der Waals surface area contributed by atoms with Crippen LogP contribution in [0.1, 0.15) is 232 Å². The molecule has 0 fully saturated rings. The van der Waals surface area contributed by atoms with Crippen LogP contribution in [0.4, 0.5) is 0 Å². The highest BCUT2D eigenvalue weighted by molar-refractivity contribution is 7.45. The van der Waals surface area contributed by atoms with E-state index in [1.54, 1.807) is 6.08 Å². The molecule has 0 aromatic heterocycles. The molecule has 8 nitrogen and oxygen atoms in total. The standard InChI is InChI=1S/C53H101N2O6P/c1-6-8-10-12-14-16-18-20-22-24-25-26-27-28-29-30-31-33-35-37-39-41-43-45-47-53(57)54-51(50-61-62(58,59)60-49-48-55(3,4)5)52(56)46-44-42-40-38-36-34-32-23-21-19-17-15-13-11-9-7-2/h21,23,28-29,36,38,44,46,51-52,56H,6-20,22,24-27,30-35,37,39-43,45,47-50H2,1-5H3,(H-,54,57,58,59)/b23-21+,29-28-,38-36+,46-44+. The summed E-state index contributed by atoms with van der Waals surface area (Å²) in [6.45, 7) is 4.62. The van der Waals surface area contributed by atoms with Gasteiger partial charge in [0.25, 0.3) is 7.82 Å². The van der Waals surface area contributed by atoms with E-state index in [2.05, 4.69) is 55.6 Å². The summed E-state index contributed by atoms with van der Waals surface area (Å²) in [5, 5.41) is 13.8. The van der Waals surface area contributed by atoms with Gasteiger partial charge in [0.15, 0.2) is 0 Å². The van der Waals surface area contributed by atoms with E-state index in [1.807, 2.05) is 27.2 Å². The van der Waals surface area contributed by atoms with Crippen molar-refractivity contribution in [2.75, 3.05) is 40.9 Å². The summed E-state index contributed by atoms with van der Waals surface area (Å²) < 4.78 is 23.2. The summed E-state index contributed by atoms with van der Waals surface area (Å²) in [6, 6.07) is -0.911. The van der Waals surface area contributed by atoms with Gasteiger partial charge in [-0.15, -0.1) is 0 Å². The SMILES string of the molecule is CCCCCCCC/C=C/CC/C=C/CC/C=C/C(O)C(COP(=O)([O-])OCC[N+](C)(C)C)NC(=O)CCCCCCCCCC/C=C\CCCCCCCCCCCCCC. The van der Waals surface area contributed by atoms with E-state index in [-0.39, 0.29) is 12.5 Å². The molecule has 0 aliphatic heterocycles. The van der Waals surface area contributed by atoms with Crippen LogP contribution in [0.5, 0.6) is 0 Å². The minimum atomic E-state index is -4.60. The number of carbonyl (C=O) groups is 1. The van der Waals surface area contributed by atoms with Crippen LogP contribution >= 0.6 is 7.82 Å². The zero-order chi connectivity index (χ0) is 45.7. The maximum atomic E-state index is 12.9. The Balaban J connectivity index is 4.31. The molecule has 1 amide bonds. The van der Waals surface area contributed by atoms with Crippen LogP contribution in [0.25, 0.3) is 0 Å². The van der Waals surface area contributed by atoms with Crippen LogP contribution in [-0.4, -0.2) is 68.5 Å². The predicted molar refractivity (Wildman–Crippen MR) is 265 cm³/mol. The van der Waals surface area contributed by atoms with Gasteiger partial charge in [-0.3, -0.25) is 9.36 Å². The van der Waals surface area contributed by atoms with E-state index < -0.39 is 26.6 Å². The monoisotopic (exact) mass is 893 g/mol. The Morgan fingerprint density at radius 2 is 0.903 bits per heavy atom. The first-order chi connectivity index (χ1) is 30.0. The van der Waals surface area contributed by atoms with Crippen molar-refractivity contribution in [3.05, 3.63) is 48.6 Å². The highest BCUT2D eigenvalue weighted by atomic mass is 31.2. The van der Waals surface area contributed by atoms with Gasteiger partial charge in [-0.25, -0.2) is 0 Å². The molecule has 364 valence electrons. The molecule has 0 spiro atoms. The zero-order valence-corrected chi connectivity index (χ0v) is 42.2. The maximum absolute atomic E-state index is 12.9.